The average Bonchev–Trinajstić information content (AvgIpc) is 2.63. The fourth-order valence-electron chi connectivity index (χ4n) is 2.37. The standard InChI is InChI=1S/C23H29N3O3/c1-14(2)20(27)24-18-11-10-15(3)19(13-18)26-21(28)16-8-7-9-17(12-16)25-22(29)23(4,5)6/h7-14H,1-6H3,(H,24,27)(H,25,29)(H,26,28). The first-order valence-electron chi connectivity index (χ1n) is 9.62. The maximum Gasteiger partial charge on any atom is 0.255 e. The normalized spacial score (nSPS) is 11.1. The summed E-state index contributed by atoms with van der Waals surface area (Å²) < 4.78 is 0. The van der Waals surface area contributed by atoms with Crippen molar-refractivity contribution >= 4 is 34.8 Å². The Morgan fingerprint density at radius 1 is 0.862 bits per heavy atom. The molecule has 0 unspecified atom stereocenters. The minimum Gasteiger partial charge on any atom is -0.326 e. The molecule has 6 heteroatoms. The molecule has 0 saturated carbocycles. The Hall–Kier alpha value is -3.15. The van der Waals surface area contributed by atoms with Gasteiger partial charge < -0.3 is 16.0 Å². The molecule has 0 aromatic heterocycles. The monoisotopic (exact) mass is 395 g/mol. The molecule has 3 N–H and O–H groups in total. The highest BCUT2D eigenvalue weighted by Gasteiger charge is 2.21. The van der Waals surface area contributed by atoms with E-state index in [1.165, 1.54) is 0 Å². The third-order valence-electron chi connectivity index (χ3n) is 4.34. The molecule has 29 heavy (non-hydrogen) atoms. The maximum atomic E-state index is 12.7. The van der Waals surface area contributed by atoms with Gasteiger partial charge in [-0.3, -0.25) is 14.4 Å². The van der Waals surface area contributed by atoms with Gasteiger partial charge in [0.15, 0.2) is 0 Å². The molecule has 0 aliphatic heterocycles. The first-order valence-corrected chi connectivity index (χ1v) is 9.62. The van der Waals surface area contributed by atoms with Gasteiger partial charge in [-0.2, -0.15) is 0 Å². The Kier molecular flexibility index (Phi) is 6.80. The number of benzene rings is 2. The molecular weight excluding hydrogens is 366 g/mol. The van der Waals surface area contributed by atoms with Crippen LogP contribution < -0.4 is 16.0 Å². The number of hydrogen-bond acceptors (Lipinski definition) is 3. The van der Waals surface area contributed by atoms with E-state index in [1.807, 2.05) is 47.6 Å². The minimum atomic E-state index is -0.532. The third kappa shape index (κ3) is 6.17. The van der Waals surface area contributed by atoms with Crippen molar-refractivity contribution in [3.05, 3.63) is 53.6 Å². The first kappa shape index (κ1) is 22.1. The first-order chi connectivity index (χ1) is 13.5. The summed E-state index contributed by atoms with van der Waals surface area (Å²) in [4.78, 5) is 36.8. The van der Waals surface area contributed by atoms with Crippen molar-refractivity contribution in [1.82, 2.24) is 0 Å². The van der Waals surface area contributed by atoms with Crippen LogP contribution in [0.1, 0.15) is 50.5 Å². The van der Waals surface area contributed by atoms with Crippen molar-refractivity contribution in [2.24, 2.45) is 11.3 Å². The molecule has 0 aliphatic rings. The lowest BCUT2D eigenvalue weighted by molar-refractivity contribution is -0.123. The highest BCUT2D eigenvalue weighted by molar-refractivity contribution is 6.06. The molecule has 0 saturated heterocycles. The van der Waals surface area contributed by atoms with Crippen molar-refractivity contribution in [1.29, 1.82) is 0 Å². The summed E-state index contributed by atoms with van der Waals surface area (Å²) in [7, 11) is 0. The van der Waals surface area contributed by atoms with E-state index >= 15 is 0 Å². The lowest BCUT2D eigenvalue weighted by Crippen LogP contribution is -2.27. The number of carbonyl (C=O) groups is 3. The molecule has 2 rings (SSSR count). The quantitative estimate of drug-likeness (QED) is 0.678. The Labute approximate surface area is 172 Å². The van der Waals surface area contributed by atoms with Crippen molar-refractivity contribution in [2.45, 2.75) is 41.5 Å². The number of nitrogens with one attached hydrogen (secondary N) is 3. The van der Waals surface area contributed by atoms with Crippen LogP contribution in [-0.2, 0) is 9.59 Å². The average molecular weight is 396 g/mol. The van der Waals surface area contributed by atoms with Crippen LogP contribution in [-0.4, -0.2) is 17.7 Å². The van der Waals surface area contributed by atoms with Crippen LogP contribution in [0, 0.1) is 18.3 Å². The molecule has 0 spiro atoms. The maximum absolute atomic E-state index is 12.7. The second-order valence-electron chi connectivity index (χ2n) is 8.41. The van der Waals surface area contributed by atoms with Crippen LogP contribution in [0.4, 0.5) is 17.1 Å². The van der Waals surface area contributed by atoms with E-state index in [-0.39, 0.29) is 23.6 Å². The highest BCUT2D eigenvalue weighted by Crippen LogP contribution is 2.23. The van der Waals surface area contributed by atoms with E-state index in [0.717, 1.165) is 5.56 Å². The minimum absolute atomic E-state index is 0.0894. The molecule has 154 valence electrons. The zero-order chi connectivity index (χ0) is 21.8. The Balaban J connectivity index is 2.17. The molecular formula is C23H29N3O3. The van der Waals surface area contributed by atoms with Gasteiger partial charge in [0.25, 0.3) is 5.91 Å². The molecule has 3 amide bonds. The smallest absolute Gasteiger partial charge is 0.255 e. The second kappa shape index (κ2) is 8.90. The van der Waals surface area contributed by atoms with Gasteiger partial charge >= 0.3 is 0 Å². The summed E-state index contributed by atoms with van der Waals surface area (Å²) in [5.41, 5.74) is 2.56. The van der Waals surface area contributed by atoms with Crippen LogP contribution in [0.5, 0.6) is 0 Å². The fourth-order valence-corrected chi connectivity index (χ4v) is 2.37. The van der Waals surface area contributed by atoms with E-state index in [4.69, 9.17) is 0 Å². The second-order valence-corrected chi connectivity index (χ2v) is 8.41. The van der Waals surface area contributed by atoms with E-state index in [2.05, 4.69) is 16.0 Å². The predicted molar refractivity (Wildman–Crippen MR) is 117 cm³/mol. The number of aryl methyl sites for hydroxylation is 1. The number of rotatable bonds is 5. The zero-order valence-corrected chi connectivity index (χ0v) is 17.8. The van der Waals surface area contributed by atoms with Crippen LogP contribution in [0.15, 0.2) is 42.5 Å². The van der Waals surface area contributed by atoms with Crippen molar-refractivity contribution in [3.63, 3.8) is 0 Å². The molecule has 0 radical (unpaired) electrons. The van der Waals surface area contributed by atoms with E-state index < -0.39 is 5.41 Å². The number of hydrogen-bond donors (Lipinski definition) is 3. The molecule has 0 fully saturated rings. The van der Waals surface area contributed by atoms with E-state index in [0.29, 0.717) is 22.6 Å². The summed E-state index contributed by atoms with van der Waals surface area (Å²) in [6.45, 7) is 11.0. The topological polar surface area (TPSA) is 87.3 Å². The van der Waals surface area contributed by atoms with Gasteiger partial charge in [0, 0.05) is 34.0 Å². The van der Waals surface area contributed by atoms with Crippen LogP contribution >= 0.6 is 0 Å². The largest absolute Gasteiger partial charge is 0.326 e. The van der Waals surface area contributed by atoms with Gasteiger partial charge in [0.1, 0.15) is 0 Å². The summed E-state index contributed by atoms with van der Waals surface area (Å²) in [6, 6.07) is 12.2. The van der Waals surface area contributed by atoms with Crippen LogP contribution in [0.3, 0.4) is 0 Å². The number of anilines is 3. The van der Waals surface area contributed by atoms with Gasteiger partial charge in [0.2, 0.25) is 11.8 Å². The van der Waals surface area contributed by atoms with Gasteiger partial charge in [0.05, 0.1) is 0 Å². The van der Waals surface area contributed by atoms with E-state index in [9.17, 15) is 14.4 Å². The van der Waals surface area contributed by atoms with Crippen molar-refractivity contribution in [2.75, 3.05) is 16.0 Å². The molecule has 0 atom stereocenters. The predicted octanol–water partition coefficient (Wildman–Crippen LogP) is 4.83. The molecule has 2 aromatic carbocycles. The molecule has 0 bridgehead atoms. The Morgan fingerprint density at radius 3 is 2.14 bits per heavy atom. The summed E-state index contributed by atoms with van der Waals surface area (Å²) in [6.07, 6.45) is 0. The third-order valence-corrected chi connectivity index (χ3v) is 4.34. The molecule has 0 aliphatic carbocycles. The van der Waals surface area contributed by atoms with Crippen molar-refractivity contribution < 1.29 is 14.4 Å². The summed E-state index contributed by atoms with van der Waals surface area (Å²) in [5.74, 6) is -0.652. The Morgan fingerprint density at radius 2 is 1.52 bits per heavy atom. The van der Waals surface area contributed by atoms with Gasteiger partial charge in [-0.25, -0.2) is 0 Å². The summed E-state index contributed by atoms with van der Waals surface area (Å²) in [5, 5.41) is 8.53. The molecule has 0 heterocycles. The highest BCUT2D eigenvalue weighted by atomic mass is 16.2. The van der Waals surface area contributed by atoms with Crippen LogP contribution in [0.25, 0.3) is 0 Å². The van der Waals surface area contributed by atoms with Crippen molar-refractivity contribution in [3.8, 4) is 0 Å². The Bertz CT molecular complexity index is 927. The summed E-state index contributed by atoms with van der Waals surface area (Å²) >= 11 is 0. The lowest BCUT2D eigenvalue weighted by atomic mass is 9.95. The van der Waals surface area contributed by atoms with E-state index in [1.54, 1.807) is 36.4 Å². The zero-order valence-electron chi connectivity index (χ0n) is 17.8. The van der Waals surface area contributed by atoms with Gasteiger partial charge in [-0.1, -0.05) is 46.8 Å². The molecule has 2 aromatic rings. The number of amides is 3. The van der Waals surface area contributed by atoms with Gasteiger partial charge in [-0.15, -0.1) is 0 Å². The molecule has 6 nitrogen and oxygen atoms in total. The fraction of sp³-hybridized carbons (Fsp3) is 0.348. The van der Waals surface area contributed by atoms with Crippen LogP contribution in [0.2, 0.25) is 0 Å². The van der Waals surface area contributed by atoms with Gasteiger partial charge in [-0.05, 0) is 42.8 Å². The lowest BCUT2D eigenvalue weighted by Gasteiger charge is -2.18. The SMILES string of the molecule is Cc1ccc(NC(=O)C(C)C)cc1NC(=O)c1cccc(NC(=O)C(C)(C)C)c1. The number of carbonyl (C=O) groups excluding carboxylic acids is 3.